The van der Waals surface area contributed by atoms with E-state index in [2.05, 4.69) is 4.72 Å². The highest BCUT2D eigenvalue weighted by atomic mass is 32.2. The minimum atomic E-state index is -4.09. The average molecular weight is 313 g/mol. The number of nitro benzene ring substituents is 1. The Morgan fingerprint density at radius 3 is 2.67 bits per heavy atom. The number of hydrogen-bond acceptors (Lipinski definition) is 6. The Hall–Kier alpha value is -2.18. The number of rotatable bonds is 7. The second kappa shape index (κ2) is 7.01. The van der Waals surface area contributed by atoms with Crippen LogP contribution in [0.2, 0.25) is 0 Å². The molecule has 0 aliphatic rings. The van der Waals surface area contributed by atoms with Crippen LogP contribution >= 0.6 is 0 Å². The molecule has 0 aliphatic carbocycles. The molecule has 9 heteroatoms. The molecule has 1 unspecified atom stereocenters. The Morgan fingerprint density at radius 1 is 1.52 bits per heavy atom. The molecule has 114 valence electrons. The second-order valence-corrected chi connectivity index (χ2v) is 5.86. The van der Waals surface area contributed by atoms with Crippen LogP contribution in [0, 0.1) is 21.4 Å². The fourth-order valence-electron chi connectivity index (χ4n) is 1.66. The number of ether oxygens (including phenoxy) is 1. The van der Waals surface area contributed by atoms with E-state index in [4.69, 9.17) is 10.00 Å². The summed E-state index contributed by atoms with van der Waals surface area (Å²) in [5.41, 5.74) is -0.575. The summed E-state index contributed by atoms with van der Waals surface area (Å²) < 4.78 is 31.6. The Kier molecular flexibility index (Phi) is 5.63. The van der Waals surface area contributed by atoms with Crippen LogP contribution in [0.4, 0.5) is 5.69 Å². The van der Waals surface area contributed by atoms with Crippen LogP contribution in [0.5, 0.6) is 5.75 Å². The molecule has 0 aromatic heterocycles. The fourth-order valence-corrected chi connectivity index (χ4v) is 3.13. The fraction of sp³-hybridized carbons (Fsp3) is 0.417. The number of sulfonamides is 1. The molecule has 0 bridgehead atoms. The van der Waals surface area contributed by atoms with Crippen LogP contribution in [0.15, 0.2) is 23.1 Å². The van der Waals surface area contributed by atoms with E-state index < -0.39 is 31.6 Å². The van der Waals surface area contributed by atoms with E-state index in [0.717, 1.165) is 12.1 Å². The normalized spacial score (nSPS) is 12.4. The van der Waals surface area contributed by atoms with Crippen LogP contribution in [0.25, 0.3) is 0 Å². The van der Waals surface area contributed by atoms with Gasteiger partial charge in [0.15, 0.2) is 4.90 Å². The SMILES string of the molecule is CCC(CC#N)NS(=O)(=O)c1ccc(OC)cc1[N+](=O)[O-]. The molecular formula is C12H15N3O5S. The number of nitrogens with one attached hydrogen (secondary N) is 1. The number of hydrogen-bond donors (Lipinski definition) is 1. The first-order valence-corrected chi connectivity index (χ1v) is 7.55. The number of methoxy groups -OCH3 is 1. The van der Waals surface area contributed by atoms with Crippen molar-refractivity contribution in [1.29, 1.82) is 5.26 Å². The van der Waals surface area contributed by atoms with Gasteiger partial charge in [-0.15, -0.1) is 0 Å². The van der Waals surface area contributed by atoms with E-state index in [1.807, 2.05) is 6.07 Å². The van der Waals surface area contributed by atoms with Gasteiger partial charge >= 0.3 is 0 Å². The third kappa shape index (κ3) is 4.14. The molecule has 1 atom stereocenters. The van der Waals surface area contributed by atoms with Crippen LogP contribution in [0.1, 0.15) is 19.8 Å². The van der Waals surface area contributed by atoms with Crippen molar-refractivity contribution in [3.05, 3.63) is 28.3 Å². The molecule has 0 aliphatic heterocycles. The van der Waals surface area contributed by atoms with E-state index in [1.54, 1.807) is 6.92 Å². The lowest BCUT2D eigenvalue weighted by atomic mass is 10.2. The van der Waals surface area contributed by atoms with Crippen LogP contribution in [0.3, 0.4) is 0 Å². The first kappa shape index (κ1) is 16.9. The monoisotopic (exact) mass is 313 g/mol. The maximum absolute atomic E-state index is 12.2. The average Bonchev–Trinajstić information content (AvgIpc) is 2.45. The van der Waals surface area contributed by atoms with Crippen LogP contribution < -0.4 is 9.46 Å². The molecule has 0 saturated carbocycles. The summed E-state index contributed by atoms with van der Waals surface area (Å²) in [5, 5.41) is 19.7. The number of nitrogens with zero attached hydrogens (tertiary/aromatic N) is 2. The van der Waals surface area contributed by atoms with E-state index in [0.29, 0.717) is 6.42 Å². The molecule has 8 nitrogen and oxygen atoms in total. The standard InChI is InChI=1S/C12H15N3O5S/c1-3-9(6-7-13)14-21(18,19)12-5-4-10(20-2)8-11(12)15(16)17/h4-5,8-9,14H,3,6H2,1-2H3. The molecule has 1 rings (SSSR count). The number of nitriles is 1. The predicted molar refractivity (Wildman–Crippen MR) is 74.3 cm³/mol. The van der Waals surface area contributed by atoms with Gasteiger partial charge in [-0.25, -0.2) is 13.1 Å². The van der Waals surface area contributed by atoms with Crippen LogP contribution in [-0.4, -0.2) is 26.5 Å². The molecule has 1 N–H and O–H groups in total. The van der Waals surface area contributed by atoms with Gasteiger partial charge in [0.05, 0.1) is 30.6 Å². The molecule has 1 aromatic rings. The van der Waals surface area contributed by atoms with Gasteiger partial charge in [-0.1, -0.05) is 6.92 Å². The lowest BCUT2D eigenvalue weighted by Gasteiger charge is -2.14. The summed E-state index contributed by atoms with van der Waals surface area (Å²) >= 11 is 0. The van der Waals surface area contributed by atoms with Gasteiger partial charge in [-0.2, -0.15) is 5.26 Å². The topological polar surface area (TPSA) is 122 Å². The first-order valence-electron chi connectivity index (χ1n) is 6.07. The summed E-state index contributed by atoms with van der Waals surface area (Å²) in [6.45, 7) is 1.72. The highest BCUT2D eigenvalue weighted by Crippen LogP contribution is 2.28. The summed E-state index contributed by atoms with van der Waals surface area (Å²) in [5.74, 6) is 0.185. The largest absolute Gasteiger partial charge is 0.497 e. The van der Waals surface area contributed by atoms with E-state index >= 15 is 0 Å². The van der Waals surface area contributed by atoms with Gasteiger partial charge in [0.1, 0.15) is 5.75 Å². The Morgan fingerprint density at radius 2 is 2.19 bits per heavy atom. The number of benzene rings is 1. The van der Waals surface area contributed by atoms with Gasteiger partial charge in [0.2, 0.25) is 10.0 Å². The minimum absolute atomic E-state index is 0.0142. The third-order valence-corrected chi connectivity index (χ3v) is 4.37. The minimum Gasteiger partial charge on any atom is -0.497 e. The Labute approximate surface area is 122 Å². The third-order valence-electron chi connectivity index (χ3n) is 2.80. The summed E-state index contributed by atoms with van der Waals surface area (Å²) in [4.78, 5) is 9.78. The molecule has 0 radical (unpaired) electrons. The highest BCUT2D eigenvalue weighted by molar-refractivity contribution is 7.89. The summed E-state index contributed by atoms with van der Waals surface area (Å²) in [7, 11) is -2.77. The molecule has 0 spiro atoms. The molecule has 0 amide bonds. The van der Waals surface area contributed by atoms with Crippen molar-refractivity contribution in [2.75, 3.05) is 7.11 Å². The molecular weight excluding hydrogens is 298 g/mol. The molecule has 21 heavy (non-hydrogen) atoms. The van der Waals surface area contributed by atoms with Crippen molar-refractivity contribution in [3.63, 3.8) is 0 Å². The lowest BCUT2D eigenvalue weighted by Crippen LogP contribution is -2.34. The van der Waals surface area contributed by atoms with Gasteiger partial charge in [0, 0.05) is 6.04 Å². The summed E-state index contributed by atoms with van der Waals surface area (Å²) in [6, 6.07) is 4.75. The van der Waals surface area contributed by atoms with Gasteiger partial charge in [-0.05, 0) is 18.6 Å². The number of nitro groups is 1. The maximum Gasteiger partial charge on any atom is 0.293 e. The molecule has 1 aromatic carbocycles. The highest BCUT2D eigenvalue weighted by Gasteiger charge is 2.28. The Balaban J connectivity index is 3.25. The van der Waals surface area contributed by atoms with Gasteiger partial charge in [-0.3, -0.25) is 10.1 Å². The Bertz CT molecular complexity index is 666. The maximum atomic E-state index is 12.2. The zero-order chi connectivity index (χ0) is 16.0. The molecule has 0 fully saturated rings. The second-order valence-electron chi connectivity index (χ2n) is 4.18. The molecule has 0 heterocycles. The van der Waals surface area contributed by atoms with Crippen molar-refractivity contribution in [3.8, 4) is 11.8 Å². The zero-order valence-corrected chi connectivity index (χ0v) is 12.4. The van der Waals surface area contributed by atoms with E-state index in [-0.39, 0.29) is 12.2 Å². The van der Waals surface area contributed by atoms with E-state index in [9.17, 15) is 18.5 Å². The molecule has 0 saturated heterocycles. The predicted octanol–water partition coefficient (Wildman–Crippen LogP) is 1.57. The van der Waals surface area contributed by atoms with Crippen molar-refractivity contribution >= 4 is 15.7 Å². The van der Waals surface area contributed by atoms with Crippen molar-refractivity contribution in [1.82, 2.24) is 4.72 Å². The quantitative estimate of drug-likeness (QED) is 0.602. The zero-order valence-electron chi connectivity index (χ0n) is 11.6. The first-order chi connectivity index (χ1) is 9.85. The van der Waals surface area contributed by atoms with Crippen LogP contribution in [-0.2, 0) is 10.0 Å². The van der Waals surface area contributed by atoms with Gasteiger partial charge in [0.25, 0.3) is 5.69 Å². The van der Waals surface area contributed by atoms with Crippen molar-refractivity contribution in [2.24, 2.45) is 0 Å². The summed E-state index contributed by atoms with van der Waals surface area (Å²) in [6.07, 6.45) is 0.385. The van der Waals surface area contributed by atoms with Crippen molar-refractivity contribution < 1.29 is 18.1 Å². The van der Waals surface area contributed by atoms with Gasteiger partial charge < -0.3 is 4.74 Å². The van der Waals surface area contributed by atoms with E-state index in [1.165, 1.54) is 13.2 Å². The lowest BCUT2D eigenvalue weighted by molar-refractivity contribution is -0.387. The smallest absolute Gasteiger partial charge is 0.293 e. The van der Waals surface area contributed by atoms with Crippen molar-refractivity contribution in [2.45, 2.75) is 30.7 Å².